The summed E-state index contributed by atoms with van der Waals surface area (Å²) < 4.78 is 1.62. The van der Waals surface area contributed by atoms with Crippen molar-refractivity contribution in [1.82, 2.24) is 14.6 Å². The number of nitrogens with one attached hydrogen (secondary N) is 1. The fourth-order valence-electron chi connectivity index (χ4n) is 1.94. The molecule has 0 fully saturated rings. The summed E-state index contributed by atoms with van der Waals surface area (Å²) in [6, 6.07) is 4.52. The minimum Gasteiger partial charge on any atom is -0.324 e. The smallest absolute Gasteiger partial charge is 0.234 e. The number of hydrogen-bond donors (Lipinski definition) is 1. The zero-order valence-corrected chi connectivity index (χ0v) is 16.7. The van der Waals surface area contributed by atoms with E-state index >= 15 is 0 Å². The molecule has 2 heterocycles. The van der Waals surface area contributed by atoms with E-state index in [0.29, 0.717) is 41.6 Å². The zero-order chi connectivity index (χ0) is 18.1. The van der Waals surface area contributed by atoms with Gasteiger partial charge in [0.1, 0.15) is 0 Å². The maximum absolute atomic E-state index is 12.1. The summed E-state index contributed by atoms with van der Waals surface area (Å²) >= 11 is 31.0. The highest BCUT2D eigenvalue weighted by atomic mass is 35.5. The van der Waals surface area contributed by atoms with Gasteiger partial charge in [-0.1, -0.05) is 69.8 Å². The van der Waals surface area contributed by atoms with Crippen LogP contribution in [0.5, 0.6) is 0 Å². The molecule has 0 aliphatic heterocycles. The number of thioether (sulfide) groups is 1. The second kappa shape index (κ2) is 7.78. The molecular formula is C14H7Cl5N4OS. The molecule has 1 aromatic carbocycles. The van der Waals surface area contributed by atoms with Crippen molar-refractivity contribution >= 4 is 87.0 Å². The van der Waals surface area contributed by atoms with E-state index in [1.807, 2.05) is 0 Å². The van der Waals surface area contributed by atoms with Crippen LogP contribution in [-0.2, 0) is 4.79 Å². The monoisotopic (exact) mass is 454 g/mol. The summed E-state index contributed by atoms with van der Waals surface area (Å²) in [6.45, 7) is 0. The van der Waals surface area contributed by atoms with Crippen molar-refractivity contribution < 1.29 is 4.79 Å². The van der Waals surface area contributed by atoms with Gasteiger partial charge in [-0.2, -0.15) is 0 Å². The Morgan fingerprint density at radius 2 is 1.72 bits per heavy atom. The first-order chi connectivity index (χ1) is 11.8. The molecule has 1 N–H and O–H groups in total. The molecule has 25 heavy (non-hydrogen) atoms. The van der Waals surface area contributed by atoms with Gasteiger partial charge in [0.05, 0.1) is 36.6 Å². The fraction of sp³-hybridized carbons (Fsp3) is 0.0714. The molecule has 0 unspecified atom stereocenters. The van der Waals surface area contributed by atoms with Crippen LogP contribution in [-0.4, -0.2) is 26.3 Å². The highest BCUT2D eigenvalue weighted by Crippen LogP contribution is 2.32. The van der Waals surface area contributed by atoms with Crippen molar-refractivity contribution in [3.63, 3.8) is 0 Å². The van der Waals surface area contributed by atoms with Gasteiger partial charge in [0.15, 0.2) is 10.8 Å². The second-order valence-electron chi connectivity index (χ2n) is 4.77. The average Bonchev–Trinajstić information content (AvgIpc) is 2.94. The van der Waals surface area contributed by atoms with E-state index in [2.05, 4.69) is 15.5 Å². The van der Waals surface area contributed by atoms with E-state index in [4.69, 9.17) is 58.0 Å². The number of aromatic nitrogens is 3. The molecule has 1 amide bonds. The van der Waals surface area contributed by atoms with Crippen LogP contribution in [0.15, 0.2) is 29.6 Å². The Morgan fingerprint density at radius 3 is 2.48 bits per heavy atom. The van der Waals surface area contributed by atoms with Crippen molar-refractivity contribution in [2.45, 2.75) is 5.16 Å². The van der Waals surface area contributed by atoms with Crippen molar-refractivity contribution in [2.75, 3.05) is 11.1 Å². The van der Waals surface area contributed by atoms with E-state index in [0.717, 1.165) is 0 Å². The zero-order valence-electron chi connectivity index (χ0n) is 12.1. The van der Waals surface area contributed by atoms with Crippen LogP contribution in [0.2, 0.25) is 25.1 Å². The summed E-state index contributed by atoms with van der Waals surface area (Å²) in [5.41, 5.74) is 0.834. The van der Waals surface area contributed by atoms with Crippen LogP contribution < -0.4 is 5.32 Å². The molecule has 0 spiro atoms. The predicted molar refractivity (Wildman–Crippen MR) is 104 cm³/mol. The SMILES string of the molecule is O=C(CSc1nnc2c(Cl)cc(Cl)cn12)Nc1cc(Cl)c(Cl)cc1Cl. The fourth-order valence-corrected chi connectivity index (χ4v) is 3.75. The number of fused-ring (bicyclic) bond motifs is 1. The molecule has 11 heteroatoms. The number of hydrogen-bond acceptors (Lipinski definition) is 4. The van der Waals surface area contributed by atoms with Crippen LogP contribution in [0, 0.1) is 0 Å². The number of benzene rings is 1. The highest BCUT2D eigenvalue weighted by molar-refractivity contribution is 7.99. The third-order valence-corrected chi connectivity index (χ3v) is 5.47. The second-order valence-corrected chi connectivity index (χ2v) is 7.77. The Hall–Kier alpha value is -0.890. The number of rotatable bonds is 4. The van der Waals surface area contributed by atoms with E-state index in [-0.39, 0.29) is 11.7 Å². The van der Waals surface area contributed by atoms with Crippen LogP contribution in [0.4, 0.5) is 5.69 Å². The first kappa shape index (κ1) is 18.9. The van der Waals surface area contributed by atoms with E-state index in [1.165, 1.54) is 23.9 Å². The Labute approximate surface area is 171 Å². The highest BCUT2D eigenvalue weighted by Gasteiger charge is 2.14. The minimum atomic E-state index is -0.296. The van der Waals surface area contributed by atoms with Gasteiger partial charge in [-0.15, -0.1) is 10.2 Å². The van der Waals surface area contributed by atoms with Crippen molar-refractivity contribution in [3.8, 4) is 0 Å². The normalized spacial score (nSPS) is 11.1. The summed E-state index contributed by atoms with van der Waals surface area (Å²) in [4.78, 5) is 12.1. The Morgan fingerprint density at radius 1 is 1.00 bits per heavy atom. The largest absolute Gasteiger partial charge is 0.324 e. The van der Waals surface area contributed by atoms with Crippen molar-refractivity contribution in [1.29, 1.82) is 0 Å². The van der Waals surface area contributed by atoms with Gasteiger partial charge in [0, 0.05) is 6.20 Å². The standard InChI is InChI=1S/C14H7Cl5N4OS/c15-6-1-10(19)13-21-22-14(23(13)4-6)25-5-12(24)20-11-3-8(17)7(16)2-9(11)18/h1-4H,5H2,(H,20,24). The third kappa shape index (κ3) is 4.27. The van der Waals surface area contributed by atoms with E-state index in [1.54, 1.807) is 16.7 Å². The molecule has 0 radical (unpaired) electrons. The summed E-state index contributed by atoms with van der Waals surface area (Å²) in [7, 11) is 0. The molecule has 0 aliphatic rings. The van der Waals surface area contributed by atoms with Gasteiger partial charge in [0.2, 0.25) is 5.91 Å². The third-order valence-electron chi connectivity index (χ3n) is 3.01. The minimum absolute atomic E-state index is 0.0709. The number of carbonyl (C=O) groups excluding carboxylic acids is 1. The number of nitrogens with zero attached hydrogens (tertiary/aromatic N) is 3. The Kier molecular flexibility index (Phi) is 5.88. The molecule has 5 nitrogen and oxygen atoms in total. The van der Waals surface area contributed by atoms with Gasteiger partial charge >= 0.3 is 0 Å². The van der Waals surface area contributed by atoms with Crippen LogP contribution in [0.25, 0.3) is 5.65 Å². The lowest BCUT2D eigenvalue weighted by Gasteiger charge is -2.08. The van der Waals surface area contributed by atoms with Crippen LogP contribution in [0.1, 0.15) is 0 Å². The molecule has 0 saturated carbocycles. The molecule has 0 atom stereocenters. The number of carbonyl (C=O) groups is 1. The lowest BCUT2D eigenvalue weighted by Crippen LogP contribution is -2.14. The lowest BCUT2D eigenvalue weighted by atomic mass is 10.3. The number of amides is 1. The summed E-state index contributed by atoms with van der Waals surface area (Å²) in [5.74, 6) is -0.225. The quantitative estimate of drug-likeness (QED) is 0.403. The van der Waals surface area contributed by atoms with Gasteiger partial charge in [0.25, 0.3) is 0 Å². The Balaban J connectivity index is 1.72. The van der Waals surface area contributed by atoms with Gasteiger partial charge in [-0.25, -0.2) is 0 Å². The Bertz CT molecular complexity index is 978. The predicted octanol–water partition coefficient (Wildman–Crippen LogP) is 5.73. The lowest BCUT2D eigenvalue weighted by molar-refractivity contribution is -0.113. The summed E-state index contributed by atoms with van der Waals surface area (Å²) in [5, 5.41) is 12.8. The molecule has 2 aromatic heterocycles. The number of pyridine rings is 1. The van der Waals surface area contributed by atoms with Crippen molar-refractivity contribution in [2.24, 2.45) is 0 Å². The molecule has 0 aliphatic carbocycles. The van der Waals surface area contributed by atoms with Gasteiger partial charge < -0.3 is 5.32 Å². The first-order valence-corrected chi connectivity index (χ1v) is 9.49. The maximum atomic E-state index is 12.1. The topological polar surface area (TPSA) is 59.3 Å². The van der Waals surface area contributed by atoms with Crippen LogP contribution >= 0.6 is 69.8 Å². The molecular weight excluding hydrogens is 450 g/mol. The summed E-state index contributed by atoms with van der Waals surface area (Å²) in [6.07, 6.45) is 1.62. The first-order valence-electron chi connectivity index (χ1n) is 6.62. The van der Waals surface area contributed by atoms with Crippen LogP contribution in [0.3, 0.4) is 0 Å². The molecule has 130 valence electrons. The molecule has 3 rings (SSSR count). The van der Waals surface area contributed by atoms with E-state index < -0.39 is 0 Å². The number of anilines is 1. The maximum Gasteiger partial charge on any atom is 0.234 e. The van der Waals surface area contributed by atoms with Gasteiger partial charge in [-0.3, -0.25) is 9.20 Å². The van der Waals surface area contributed by atoms with Crippen molar-refractivity contribution in [3.05, 3.63) is 49.5 Å². The number of halogens is 5. The van der Waals surface area contributed by atoms with E-state index in [9.17, 15) is 4.79 Å². The molecule has 3 aromatic rings. The molecule has 0 bridgehead atoms. The molecule has 0 saturated heterocycles. The van der Waals surface area contributed by atoms with Gasteiger partial charge in [-0.05, 0) is 18.2 Å². The average molecular weight is 457 g/mol.